The van der Waals surface area contributed by atoms with E-state index in [2.05, 4.69) is 4.98 Å². The summed E-state index contributed by atoms with van der Waals surface area (Å²) in [7, 11) is 0. The Morgan fingerprint density at radius 2 is 1.94 bits per heavy atom. The van der Waals surface area contributed by atoms with Crippen molar-refractivity contribution in [2.75, 3.05) is 0 Å². The first-order valence-corrected chi connectivity index (χ1v) is 11.1. The number of fused-ring (bicyclic) bond motifs is 5. The number of aromatic nitrogens is 2. The third kappa shape index (κ3) is 3.20. The van der Waals surface area contributed by atoms with Crippen LogP contribution >= 0.6 is 11.3 Å². The molecule has 0 unspecified atom stereocenters. The SMILES string of the molecule is N=c1nc2c(C(N)=O)c(O)/c(=C\C(=O)/C=C/c3ccccc3)n2c2sc3c(c12)CCCC3. The second-order valence-corrected chi connectivity index (χ2v) is 8.86. The first-order valence-electron chi connectivity index (χ1n) is 10.3. The van der Waals surface area contributed by atoms with Crippen molar-refractivity contribution in [2.45, 2.75) is 25.7 Å². The zero-order valence-corrected chi connectivity index (χ0v) is 17.9. The molecule has 4 aromatic rings. The third-order valence-corrected chi connectivity index (χ3v) is 7.01. The van der Waals surface area contributed by atoms with Crippen LogP contribution in [0.1, 0.15) is 39.2 Å². The predicted octanol–water partition coefficient (Wildman–Crippen LogP) is 2.49. The molecule has 0 bridgehead atoms. The Hall–Kier alpha value is -3.78. The van der Waals surface area contributed by atoms with Crippen LogP contribution in [0.4, 0.5) is 0 Å². The van der Waals surface area contributed by atoms with E-state index in [-0.39, 0.29) is 27.8 Å². The number of nitrogens with one attached hydrogen (secondary N) is 1. The number of benzene rings is 1. The Bertz CT molecular complexity index is 1550. The van der Waals surface area contributed by atoms with Gasteiger partial charge in [-0.05, 0) is 42.9 Å². The molecule has 3 heterocycles. The van der Waals surface area contributed by atoms with Crippen LogP contribution < -0.4 is 16.6 Å². The highest BCUT2D eigenvalue weighted by atomic mass is 32.1. The minimum Gasteiger partial charge on any atom is -0.505 e. The fraction of sp³-hybridized carbons (Fsp3) is 0.167. The molecule has 0 radical (unpaired) electrons. The van der Waals surface area contributed by atoms with E-state index in [4.69, 9.17) is 11.1 Å². The molecule has 0 saturated carbocycles. The van der Waals surface area contributed by atoms with Gasteiger partial charge in [-0.1, -0.05) is 36.4 Å². The Morgan fingerprint density at radius 1 is 1.19 bits per heavy atom. The van der Waals surface area contributed by atoms with Crippen LogP contribution in [-0.2, 0) is 17.6 Å². The number of nitrogens with two attached hydrogens (primary N) is 1. The first-order chi connectivity index (χ1) is 15.5. The molecule has 0 fully saturated rings. The smallest absolute Gasteiger partial charge is 0.256 e. The van der Waals surface area contributed by atoms with Crippen molar-refractivity contribution in [3.05, 3.63) is 68.8 Å². The molecule has 1 aliphatic rings. The minimum absolute atomic E-state index is 0.0498. The van der Waals surface area contributed by atoms with Gasteiger partial charge in [-0.3, -0.25) is 19.4 Å². The number of aromatic hydroxyl groups is 1. The third-order valence-electron chi connectivity index (χ3n) is 5.73. The molecule has 3 aromatic heterocycles. The second-order valence-electron chi connectivity index (χ2n) is 7.77. The minimum atomic E-state index is -0.862. The number of primary amides is 1. The van der Waals surface area contributed by atoms with E-state index in [1.807, 2.05) is 30.3 Å². The molecule has 4 N–H and O–H groups in total. The molecule has 0 atom stereocenters. The number of amides is 1. The maximum atomic E-state index is 12.7. The molecule has 0 aliphatic heterocycles. The lowest BCUT2D eigenvalue weighted by atomic mass is 9.97. The van der Waals surface area contributed by atoms with E-state index in [0.717, 1.165) is 36.8 Å². The fourth-order valence-corrected chi connectivity index (χ4v) is 5.68. The Morgan fingerprint density at radius 3 is 2.69 bits per heavy atom. The van der Waals surface area contributed by atoms with Gasteiger partial charge in [0.1, 0.15) is 10.4 Å². The molecule has 0 spiro atoms. The van der Waals surface area contributed by atoms with Crippen LogP contribution in [0.5, 0.6) is 5.75 Å². The molecule has 1 aromatic carbocycles. The summed E-state index contributed by atoms with van der Waals surface area (Å²) in [6.07, 6.45) is 8.26. The summed E-state index contributed by atoms with van der Waals surface area (Å²) in [5.41, 5.74) is 7.46. The van der Waals surface area contributed by atoms with E-state index in [9.17, 15) is 14.7 Å². The van der Waals surface area contributed by atoms with Gasteiger partial charge in [0.15, 0.2) is 22.7 Å². The van der Waals surface area contributed by atoms with Gasteiger partial charge in [-0.15, -0.1) is 11.3 Å². The monoisotopic (exact) mass is 444 g/mol. The normalized spacial score (nSPS) is 14.4. The summed E-state index contributed by atoms with van der Waals surface area (Å²) in [4.78, 5) is 31.0. The number of hydrogen-bond donors (Lipinski definition) is 3. The van der Waals surface area contributed by atoms with E-state index in [1.54, 1.807) is 10.5 Å². The lowest BCUT2D eigenvalue weighted by Gasteiger charge is -2.09. The molecule has 8 heteroatoms. The van der Waals surface area contributed by atoms with Gasteiger partial charge < -0.3 is 10.8 Å². The zero-order valence-electron chi connectivity index (χ0n) is 17.1. The first kappa shape index (κ1) is 20.1. The van der Waals surface area contributed by atoms with Gasteiger partial charge in [0.25, 0.3) is 5.91 Å². The van der Waals surface area contributed by atoms with Crippen LogP contribution in [0, 0.1) is 5.41 Å². The molecule has 0 saturated heterocycles. The number of nitrogens with zero attached hydrogens (tertiary/aromatic N) is 2. The molecular formula is C24H20N4O3S. The molecule has 160 valence electrons. The Balaban J connectivity index is 1.79. The maximum absolute atomic E-state index is 12.7. The zero-order chi connectivity index (χ0) is 22.4. The number of thiophene rings is 1. The van der Waals surface area contributed by atoms with Gasteiger partial charge in [0.05, 0.1) is 10.7 Å². The summed E-state index contributed by atoms with van der Waals surface area (Å²) in [6.45, 7) is 0. The number of ketones is 1. The van der Waals surface area contributed by atoms with Crippen LogP contribution in [0.25, 0.3) is 28.0 Å². The Labute approximate surface area is 186 Å². The highest BCUT2D eigenvalue weighted by Crippen LogP contribution is 2.35. The van der Waals surface area contributed by atoms with Crippen LogP contribution in [0.15, 0.2) is 36.4 Å². The van der Waals surface area contributed by atoms with E-state index in [1.165, 1.54) is 28.4 Å². The van der Waals surface area contributed by atoms with Crippen molar-refractivity contribution in [1.29, 1.82) is 5.41 Å². The van der Waals surface area contributed by atoms with Crippen molar-refractivity contribution >= 4 is 51.0 Å². The summed E-state index contributed by atoms with van der Waals surface area (Å²) in [5.74, 6) is -1.62. The summed E-state index contributed by atoms with van der Waals surface area (Å²) in [5, 5.41) is 20.2. The largest absolute Gasteiger partial charge is 0.505 e. The topological polar surface area (TPSA) is 122 Å². The lowest BCUT2D eigenvalue weighted by molar-refractivity contribution is -0.109. The van der Waals surface area contributed by atoms with Gasteiger partial charge in [-0.2, -0.15) is 0 Å². The van der Waals surface area contributed by atoms with E-state index in [0.29, 0.717) is 10.2 Å². The average Bonchev–Trinajstić information content (AvgIpc) is 3.29. The average molecular weight is 445 g/mol. The van der Waals surface area contributed by atoms with E-state index < -0.39 is 11.7 Å². The standard InChI is InChI=1S/C24H20N4O3S/c25-21-18-15-8-4-5-9-17(15)32-24(18)28-16(20(30)19(22(26)31)23(28)27-21)12-14(29)11-10-13-6-2-1-3-7-13/h1-3,6-7,10-12,25,30H,4-5,8-9H2,(H2,26,31)/b11-10+,16-12+,25-21?. The maximum Gasteiger partial charge on any atom is 0.256 e. The number of hydrogen-bond acceptors (Lipinski definition) is 6. The van der Waals surface area contributed by atoms with Crippen molar-refractivity contribution in [3.8, 4) is 5.75 Å². The summed E-state index contributed by atoms with van der Waals surface area (Å²) < 4.78 is 1.60. The summed E-state index contributed by atoms with van der Waals surface area (Å²) >= 11 is 1.52. The van der Waals surface area contributed by atoms with Crippen molar-refractivity contribution in [3.63, 3.8) is 0 Å². The number of carbonyl (C=O) groups is 2. The van der Waals surface area contributed by atoms with Crippen LogP contribution in [-0.4, -0.2) is 26.2 Å². The van der Waals surface area contributed by atoms with Crippen LogP contribution in [0.2, 0.25) is 0 Å². The van der Waals surface area contributed by atoms with Gasteiger partial charge >= 0.3 is 0 Å². The molecular weight excluding hydrogens is 424 g/mol. The number of aryl methyl sites for hydroxylation is 2. The number of allylic oxidation sites excluding steroid dienone is 1. The van der Waals surface area contributed by atoms with Gasteiger partial charge in [-0.25, -0.2) is 4.98 Å². The quantitative estimate of drug-likeness (QED) is 0.419. The second kappa shape index (κ2) is 7.72. The number of rotatable bonds is 4. The van der Waals surface area contributed by atoms with Crippen molar-refractivity contribution in [2.24, 2.45) is 5.73 Å². The summed E-state index contributed by atoms with van der Waals surface area (Å²) in [6, 6.07) is 9.38. The van der Waals surface area contributed by atoms with Crippen molar-refractivity contribution in [1.82, 2.24) is 9.38 Å². The van der Waals surface area contributed by atoms with Gasteiger partial charge in [0.2, 0.25) is 0 Å². The van der Waals surface area contributed by atoms with Gasteiger partial charge in [0, 0.05) is 11.0 Å². The molecule has 1 aliphatic carbocycles. The van der Waals surface area contributed by atoms with E-state index >= 15 is 0 Å². The molecule has 5 rings (SSSR count). The lowest BCUT2D eigenvalue weighted by Crippen LogP contribution is -2.17. The predicted molar refractivity (Wildman–Crippen MR) is 123 cm³/mol. The molecule has 1 amide bonds. The molecule has 7 nitrogen and oxygen atoms in total. The van der Waals surface area contributed by atoms with Crippen LogP contribution in [0.3, 0.4) is 0 Å². The Kier molecular flexibility index (Phi) is 4.86. The van der Waals surface area contributed by atoms with Crippen molar-refractivity contribution < 1.29 is 14.7 Å². The number of carbonyl (C=O) groups excluding carboxylic acids is 2. The highest BCUT2D eigenvalue weighted by Gasteiger charge is 2.25. The highest BCUT2D eigenvalue weighted by molar-refractivity contribution is 7.18. The fourth-order valence-electron chi connectivity index (χ4n) is 4.28. The molecule has 32 heavy (non-hydrogen) atoms.